The molecule has 2 aromatic carbocycles. The maximum atomic E-state index is 6.31. The zero-order valence-electron chi connectivity index (χ0n) is 12.5. The molecule has 0 saturated heterocycles. The van der Waals surface area contributed by atoms with Gasteiger partial charge in [-0.05, 0) is 30.2 Å². The summed E-state index contributed by atoms with van der Waals surface area (Å²) in [6, 6.07) is 18.0. The van der Waals surface area contributed by atoms with E-state index in [-0.39, 0.29) is 0 Å². The average Bonchev–Trinajstić information content (AvgIpc) is 2.90. The highest BCUT2D eigenvalue weighted by Gasteiger charge is 2.12. The first-order valence-corrected chi connectivity index (χ1v) is 7.76. The molecule has 4 heteroatoms. The molecule has 0 spiro atoms. The first kappa shape index (κ1) is 14.7. The number of halogens is 1. The lowest BCUT2D eigenvalue weighted by molar-refractivity contribution is 0.891. The number of rotatable bonds is 4. The van der Waals surface area contributed by atoms with E-state index in [1.54, 1.807) is 0 Å². The number of para-hydroxylation sites is 1. The maximum absolute atomic E-state index is 6.31. The molecule has 22 heavy (non-hydrogen) atoms. The highest BCUT2D eigenvalue weighted by molar-refractivity contribution is 6.32. The smallest absolute Gasteiger partial charge is 0.146 e. The molecule has 1 heterocycles. The summed E-state index contributed by atoms with van der Waals surface area (Å²) < 4.78 is 1.81. The number of nitrogens with two attached hydrogens (primary N) is 1. The third kappa shape index (κ3) is 2.85. The largest absolute Gasteiger partial charge is 0.382 e. The molecule has 2 N–H and O–H groups in total. The van der Waals surface area contributed by atoms with Crippen LogP contribution in [0.25, 0.3) is 16.9 Å². The van der Waals surface area contributed by atoms with E-state index in [2.05, 4.69) is 36.3 Å². The molecular weight excluding hydrogens is 294 g/mol. The zero-order valence-corrected chi connectivity index (χ0v) is 13.2. The number of aromatic nitrogens is 2. The Labute approximate surface area is 135 Å². The molecular formula is C18H18ClN3. The molecule has 0 amide bonds. The molecule has 0 unspecified atom stereocenters. The molecule has 0 aliphatic heterocycles. The average molecular weight is 312 g/mol. The Bertz CT molecular complexity index is 793. The zero-order chi connectivity index (χ0) is 15.5. The Morgan fingerprint density at radius 2 is 1.91 bits per heavy atom. The Morgan fingerprint density at radius 3 is 2.68 bits per heavy atom. The number of anilines is 1. The van der Waals surface area contributed by atoms with Crippen LogP contribution in [0.3, 0.4) is 0 Å². The molecule has 3 rings (SSSR count). The number of nitrogens with zero attached hydrogens (tertiary/aromatic N) is 2. The summed E-state index contributed by atoms with van der Waals surface area (Å²) >= 11 is 6.31. The van der Waals surface area contributed by atoms with Gasteiger partial charge in [0, 0.05) is 11.6 Å². The second-order valence-corrected chi connectivity index (χ2v) is 5.68. The van der Waals surface area contributed by atoms with Crippen molar-refractivity contribution in [3.8, 4) is 16.9 Å². The fraction of sp³-hybridized carbons (Fsp3) is 0.167. The third-order valence-electron chi connectivity index (χ3n) is 3.57. The van der Waals surface area contributed by atoms with Crippen molar-refractivity contribution >= 4 is 17.4 Å². The quantitative estimate of drug-likeness (QED) is 0.757. The van der Waals surface area contributed by atoms with Crippen molar-refractivity contribution in [3.05, 3.63) is 65.2 Å². The molecule has 0 aliphatic rings. The van der Waals surface area contributed by atoms with Crippen molar-refractivity contribution in [1.82, 2.24) is 9.78 Å². The summed E-state index contributed by atoms with van der Waals surface area (Å²) in [7, 11) is 0. The van der Waals surface area contributed by atoms with Gasteiger partial charge in [-0.1, -0.05) is 55.3 Å². The Hall–Kier alpha value is -2.26. The van der Waals surface area contributed by atoms with Crippen LogP contribution in [0.1, 0.15) is 18.9 Å². The second kappa shape index (κ2) is 6.24. The minimum Gasteiger partial charge on any atom is -0.382 e. The predicted octanol–water partition coefficient (Wildman–Crippen LogP) is 4.73. The maximum Gasteiger partial charge on any atom is 0.146 e. The minimum absolute atomic E-state index is 0.482. The molecule has 0 bridgehead atoms. The van der Waals surface area contributed by atoms with Crippen LogP contribution in [0.15, 0.2) is 54.6 Å². The van der Waals surface area contributed by atoms with Gasteiger partial charge in [0.15, 0.2) is 0 Å². The lowest BCUT2D eigenvalue weighted by atomic mass is 10.0. The van der Waals surface area contributed by atoms with Crippen LogP contribution in [0.5, 0.6) is 0 Å². The van der Waals surface area contributed by atoms with Crippen LogP contribution in [-0.2, 0) is 6.42 Å². The third-order valence-corrected chi connectivity index (χ3v) is 3.89. The summed E-state index contributed by atoms with van der Waals surface area (Å²) in [5, 5.41) is 5.05. The lowest BCUT2D eigenvalue weighted by Crippen LogP contribution is -2.00. The molecule has 3 nitrogen and oxygen atoms in total. The van der Waals surface area contributed by atoms with Crippen molar-refractivity contribution in [2.45, 2.75) is 19.8 Å². The number of aryl methyl sites for hydroxylation is 1. The van der Waals surface area contributed by atoms with E-state index in [9.17, 15) is 0 Å². The Morgan fingerprint density at radius 1 is 1.09 bits per heavy atom. The molecule has 112 valence electrons. The van der Waals surface area contributed by atoms with Crippen molar-refractivity contribution in [3.63, 3.8) is 0 Å². The first-order chi connectivity index (χ1) is 10.7. The van der Waals surface area contributed by atoms with E-state index in [0.717, 1.165) is 29.8 Å². The van der Waals surface area contributed by atoms with Crippen LogP contribution < -0.4 is 5.73 Å². The number of hydrogen-bond donors (Lipinski definition) is 1. The van der Waals surface area contributed by atoms with Crippen LogP contribution in [-0.4, -0.2) is 9.78 Å². The minimum atomic E-state index is 0.482. The lowest BCUT2D eigenvalue weighted by Gasteiger charge is -2.10. The van der Waals surface area contributed by atoms with Gasteiger partial charge >= 0.3 is 0 Å². The monoisotopic (exact) mass is 311 g/mol. The predicted molar refractivity (Wildman–Crippen MR) is 92.4 cm³/mol. The van der Waals surface area contributed by atoms with Crippen molar-refractivity contribution in [2.24, 2.45) is 0 Å². The van der Waals surface area contributed by atoms with Gasteiger partial charge in [0.2, 0.25) is 0 Å². The van der Waals surface area contributed by atoms with E-state index >= 15 is 0 Å². The van der Waals surface area contributed by atoms with E-state index < -0.39 is 0 Å². The summed E-state index contributed by atoms with van der Waals surface area (Å²) in [5.41, 5.74) is 10.1. The van der Waals surface area contributed by atoms with Crippen LogP contribution >= 0.6 is 11.6 Å². The summed E-state index contributed by atoms with van der Waals surface area (Å²) in [6.45, 7) is 2.18. The Kier molecular flexibility index (Phi) is 4.16. The van der Waals surface area contributed by atoms with Gasteiger partial charge < -0.3 is 5.73 Å². The normalized spacial score (nSPS) is 10.8. The highest BCUT2D eigenvalue weighted by Crippen LogP contribution is 2.29. The summed E-state index contributed by atoms with van der Waals surface area (Å²) in [6.07, 6.45) is 2.18. The van der Waals surface area contributed by atoms with Crippen molar-refractivity contribution in [1.29, 1.82) is 0 Å². The fourth-order valence-corrected chi connectivity index (χ4v) is 2.80. The SMILES string of the molecule is CCCc1cccc(-c2cc(N)nn2-c2ccccc2Cl)c1. The van der Waals surface area contributed by atoms with Gasteiger partial charge in [0.1, 0.15) is 5.82 Å². The van der Waals surface area contributed by atoms with E-state index in [0.29, 0.717) is 10.8 Å². The van der Waals surface area contributed by atoms with Gasteiger partial charge in [-0.2, -0.15) is 5.10 Å². The number of benzene rings is 2. The number of nitrogen functional groups attached to an aromatic ring is 1. The summed E-state index contributed by atoms with van der Waals surface area (Å²) in [5.74, 6) is 0.482. The van der Waals surface area contributed by atoms with Crippen LogP contribution in [0, 0.1) is 0 Å². The first-order valence-electron chi connectivity index (χ1n) is 7.39. The topological polar surface area (TPSA) is 43.8 Å². The van der Waals surface area contributed by atoms with E-state index in [4.69, 9.17) is 17.3 Å². The molecule has 0 atom stereocenters. The standard InChI is InChI=1S/C18H18ClN3/c1-2-6-13-7-5-8-14(11-13)17-12-18(20)21-22(17)16-10-4-3-9-15(16)19/h3-5,7-12H,2,6H2,1H3,(H2,20,21). The summed E-state index contributed by atoms with van der Waals surface area (Å²) in [4.78, 5) is 0. The molecule has 0 aliphatic carbocycles. The molecule has 0 fully saturated rings. The van der Waals surface area contributed by atoms with Crippen LogP contribution in [0.4, 0.5) is 5.82 Å². The van der Waals surface area contributed by atoms with Gasteiger partial charge in [0.05, 0.1) is 16.4 Å². The van der Waals surface area contributed by atoms with Gasteiger partial charge in [-0.3, -0.25) is 0 Å². The second-order valence-electron chi connectivity index (χ2n) is 5.27. The number of hydrogen-bond acceptors (Lipinski definition) is 2. The van der Waals surface area contributed by atoms with E-state index in [1.165, 1.54) is 5.56 Å². The molecule has 3 aromatic rings. The van der Waals surface area contributed by atoms with Crippen molar-refractivity contribution in [2.75, 3.05) is 5.73 Å². The van der Waals surface area contributed by atoms with Crippen molar-refractivity contribution < 1.29 is 0 Å². The molecule has 1 aromatic heterocycles. The van der Waals surface area contributed by atoms with Gasteiger partial charge in [-0.25, -0.2) is 4.68 Å². The molecule has 0 radical (unpaired) electrons. The van der Waals surface area contributed by atoms with Gasteiger partial charge in [0.25, 0.3) is 0 Å². The molecule has 0 saturated carbocycles. The Balaban J connectivity index is 2.13. The van der Waals surface area contributed by atoms with Gasteiger partial charge in [-0.15, -0.1) is 0 Å². The van der Waals surface area contributed by atoms with E-state index in [1.807, 2.05) is 35.0 Å². The fourth-order valence-electron chi connectivity index (χ4n) is 2.59. The highest BCUT2D eigenvalue weighted by atomic mass is 35.5. The van der Waals surface area contributed by atoms with Crippen LogP contribution in [0.2, 0.25) is 5.02 Å².